The predicted octanol–water partition coefficient (Wildman–Crippen LogP) is 4.15. The second kappa shape index (κ2) is 8.62. The first-order valence-electron chi connectivity index (χ1n) is 9.88. The maximum Gasteiger partial charge on any atom is 0.264 e. The molecule has 0 spiro atoms. The summed E-state index contributed by atoms with van der Waals surface area (Å²) in [5.74, 6) is -0.205. The minimum atomic E-state index is -0.245. The van der Waals surface area contributed by atoms with Crippen LogP contribution in [0, 0.1) is 12.8 Å². The van der Waals surface area contributed by atoms with E-state index in [2.05, 4.69) is 41.7 Å². The van der Waals surface area contributed by atoms with E-state index in [1.807, 2.05) is 42.2 Å². The topological polar surface area (TPSA) is 49.4 Å². The van der Waals surface area contributed by atoms with E-state index in [9.17, 15) is 9.59 Å². The molecular weight excluding hydrogens is 380 g/mol. The van der Waals surface area contributed by atoms with Crippen molar-refractivity contribution in [1.82, 2.24) is 10.2 Å². The van der Waals surface area contributed by atoms with E-state index in [4.69, 9.17) is 0 Å². The molecule has 2 heterocycles. The maximum atomic E-state index is 12.9. The van der Waals surface area contributed by atoms with Crippen molar-refractivity contribution in [2.24, 2.45) is 5.92 Å². The van der Waals surface area contributed by atoms with Gasteiger partial charge in [-0.1, -0.05) is 54.6 Å². The second-order valence-corrected chi connectivity index (χ2v) is 8.70. The molecule has 0 bridgehead atoms. The summed E-state index contributed by atoms with van der Waals surface area (Å²) in [5.41, 5.74) is 3.44. The summed E-state index contributed by atoms with van der Waals surface area (Å²) in [6.45, 7) is 3.49. The van der Waals surface area contributed by atoms with E-state index in [1.165, 1.54) is 16.9 Å². The summed E-state index contributed by atoms with van der Waals surface area (Å²) in [6.07, 6.45) is 0.619. The SMILES string of the molecule is Cc1ccc(C(=O)N2CCNC(=O)[C@H](Cc3ccc(-c4ccccc4)cc3)C2)s1. The molecule has 0 radical (unpaired) electrons. The van der Waals surface area contributed by atoms with Crippen molar-refractivity contribution in [3.8, 4) is 11.1 Å². The lowest BCUT2D eigenvalue weighted by Crippen LogP contribution is -2.37. The lowest BCUT2D eigenvalue weighted by molar-refractivity contribution is -0.124. The number of rotatable bonds is 4. The van der Waals surface area contributed by atoms with Crippen LogP contribution >= 0.6 is 11.3 Å². The summed E-state index contributed by atoms with van der Waals surface area (Å²) in [6, 6.07) is 22.4. The number of nitrogens with zero attached hydrogens (tertiary/aromatic N) is 1. The van der Waals surface area contributed by atoms with Crippen LogP contribution in [0.5, 0.6) is 0 Å². The number of carbonyl (C=O) groups excluding carboxylic acids is 2. The molecule has 5 heteroatoms. The largest absolute Gasteiger partial charge is 0.354 e. The van der Waals surface area contributed by atoms with Gasteiger partial charge in [0.05, 0.1) is 10.8 Å². The second-order valence-electron chi connectivity index (χ2n) is 7.42. The van der Waals surface area contributed by atoms with Crippen LogP contribution in [0.2, 0.25) is 0 Å². The van der Waals surface area contributed by atoms with Crippen LogP contribution in [-0.4, -0.2) is 36.3 Å². The smallest absolute Gasteiger partial charge is 0.264 e. The molecule has 1 N–H and O–H groups in total. The molecule has 0 saturated carbocycles. The molecule has 2 aromatic carbocycles. The molecule has 1 aliphatic heterocycles. The highest BCUT2D eigenvalue weighted by Crippen LogP contribution is 2.22. The number of benzene rings is 2. The van der Waals surface area contributed by atoms with Gasteiger partial charge in [-0.3, -0.25) is 9.59 Å². The third-order valence-electron chi connectivity index (χ3n) is 5.27. The van der Waals surface area contributed by atoms with Crippen LogP contribution in [0.1, 0.15) is 20.1 Å². The highest BCUT2D eigenvalue weighted by atomic mass is 32.1. The van der Waals surface area contributed by atoms with Gasteiger partial charge in [-0.05, 0) is 42.2 Å². The molecule has 148 valence electrons. The highest BCUT2D eigenvalue weighted by molar-refractivity contribution is 7.13. The normalized spacial score (nSPS) is 16.9. The average Bonchev–Trinajstić information content (AvgIpc) is 3.10. The number of thiophene rings is 1. The Hall–Kier alpha value is -2.92. The summed E-state index contributed by atoms with van der Waals surface area (Å²) in [7, 11) is 0. The Labute approximate surface area is 175 Å². The zero-order valence-corrected chi connectivity index (χ0v) is 17.2. The molecule has 29 heavy (non-hydrogen) atoms. The van der Waals surface area contributed by atoms with Gasteiger partial charge in [0.2, 0.25) is 5.91 Å². The van der Waals surface area contributed by atoms with Gasteiger partial charge in [-0.2, -0.15) is 0 Å². The number of hydrogen-bond acceptors (Lipinski definition) is 3. The van der Waals surface area contributed by atoms with Gasteiger partial charge in [0, 0.05) is 24.5 Å². The van der Waals surface area contributed by atoms with Crippen molar-refractivity contribution in [1.29, 1.82) is 0 Å². The van der Waals surface area contributed by atoms with E-state index >= 15 is 0 Å². The minimum absolute atomic E-state index is 0.0176. The lowest BCUT2D eigenvalue weighted by atomic mass is 9.96. The number of carbonyl (C=O) groups is 2. The summed E-state index contributed by atoms with van der Waals surface area (Å²) in [5, 5.41) is 2.96. The third-order valence-corrected chi connectivity index (χ3v) is 6.26. The van der Waals surface area contributed by atoms with E-state index in [-0.39, 0.29) is 17.7 Å². The fourth-order valence-corrected chi connectivity index (χ4v) is 4.53. The van der Waals surface area contributed by atoms with Gasteiger partial charge >= 0.3 is 0 Å². The number of nitrogens with one attached hydrogen (secondary N) is 1. The van der Waals surface area contributed by atoms with Crippen LogP contribution in [0.4, 0.5) is 0 Å². The van der Waals surface area contributed by atoms with Gasteiger partial charge in [0.15, 0.2) is 0 Å². The van der Waals surface area contributed by atoms with Gasteiger partial charge in [0.25, 0.3) is 5.91 Å². The van der Waals surface area contributed by atoms with E-state index < -0.39 is 0 Å². The Morgan fingerprint density at radius 1 is 1.03 bits per heavy atom. The van der Waals surface area contributed by atoms with Crippen LogP contribution in [-0.2, 0) is 11.2 Å². The monoisotopic (exact) mass is 404 g/mol. The fraction of sp³-hybridized carbons (Fsp3) is 0.250. The first-order chi connectivity index (χ1) is 14.1. The van der Waals surface area contributed by atoms with Crippen LogP contribution in [0.15, 0.2) is 66.7 Å². The van der Waals surface area contributed by atoms with Crippen molar-refractivity contribution < 1.29 is 9.59 Å². The van der Waals surface area contributed by atoms with Crippen LogP contribution < -0.4 is 5.32 Å². The van der Waals surface area contributed by atoms with Gasteiger partial charge in [-0.15, -0.1) is 11.3 Å². The van der Waals surface area contributed by atoms with Gasteiger partial charge in [-0.25, -0.2) is 0 Å². The molecule has 0 aliphatic carbocycles. The van der Waals surface area contributed by atoms with Crippen molar-refractivity contribution in [2.75, 3.05) is 19.6 Å². The van der Waals surface area contributed by atoms with E-state index in [1.54, 1.807) is 0 Å². The summed E-state index contributed by atoms with van der Waals surface area (Å²) < 4.78 is 0. The van der Waals surface area contributed by atoms with Gasteiger partial charge in [0.1, 0.15) is 0 Å². The molecule has 1 aliphatic rings. The Morgan fingerprint density at radius 3 is 2.45 bits per heavy atom. The van der Waals surface area contributed by atoms with Crippen molar-refractivity contribution in [3.63, 3.8) is 0 Å². The zero-order chi connectivity index (χ0) is 20.2. The molecule has 0 unspecified atom stereocenters. The quantitative estimate of drug-likeness (QED) is 0.710. The predicted molar refractivity (Wildman–Crippen MR) is 117 cm³/mol. The first kappa shape index (κ1) is 19.4. The van der Waals surface area contributed by atoms with Crippen molar-refractivity contribution >= 4 is 23.2 Å². The Bertz CT molecular complexity index is 995. The number of aryl methyl sites for hydroxylation is 1. The molecular formula is C24H24N2O2S. The van der Waals surface area contributed by atoms with Crippen LogP contribution in [0.3, 0.4) is 0 Å². The fourth-order valence-electron chi connectivity index (χ4n) is 3.69. The molecule has 4 rings (SSSR count). The van der Waals surface area contributed by atoms with Crippen molar-refractivity contribution in [2.45, 2.75) is 13.3 Å². The highest BCUT2D eigenvalue weighted by Gasteiger charge is 2.28. The first-order valence-corrected chi connectivity index (χ1v) is 10.7. The standard InChI is InChI=1S/C24H24N2O2S/c1-17-7-12-22(29-17)24(28)26-14-13-25-23(27)21(16-26)15-18-8-10-20(11-9-18)19-5-3-2-4-6-19/h2-12,21H,13-16H2,1H3,(H,25,27)/t21-/m1/s1. The molecule has 4 nitrogen and oxygen atoms in total. The Morgan fingerprint density at radius 2 is 1.76 bits per heavy atom. The summed E-state index contributed by atoms with van der Waals surface area (Å²) in [4.78, 5) is 29.1. The lowest BCUT2D eigenvalue weighted by Gasteiger charge is -2.22. The van der Waals surface area contributed by atoms with Crippen LogP contribution in [0.25, 0.3) is 11.1 Å². The molecule has 1 aromatic heterocycles. The molecule has 1 fully saturated rings. The minimum Gasteiger partial charge on any atom is -0.354 e. The summed E-state index contributed by atoms with van der Waals surface area (Å²) >= 11 is 1.51. The number of amides is 2. The molecule has 1 saturated heterocycles. The molecule has 3 aromatic rings. The number of hydrogen-bond donors (Lipinski definition) is 1. The zero-order valence-electron chi connectivity index (χ0n) is 16.4. The van der Waals surface area contributed by atoms with E-state index in [0.29, 0.717) is 26.1 Å². The Kier molecular flexibility index (Phi) is 5.76. The average molecular weight is 405 g/mol. The van der Waals surface area contributed by atoms with E-state index in [0.717, 1.165) is 20.9 Å². The van der Waals surface area contributed by atoms with Crippen molar-refractivity contribution in [3.05, 3.63) is 82.0 Å². The maximum absolute atomic E-state index is 12.9. The van der Waals surface area contributed by atoms with Gasteiger partial charge < -0.3 is 10.2 Å². The molecule has 2 amide bonds. The molecule has 1 atom stereocenters. The Balaban J connectivity index is 1.47. The third kappa shape index (κ3) is 4.57.